The Bertz CT molecular complexity index is 1280. The summed E-state index contributed by atoms with van der Waals surface area (Å²) in [5.74, 6) is -0.758. The van der Waals surface area contributed by atoms with E-state index in [-0.39, 0.29) is 31.3 Å². The van der Waals surface area contributed by atoms with Crippen molar-refractivity contribution in [2.45, 2.75) is 19.9 Å². The largest absolute Gasteiger partial charge is 0.481 e. The number of rotatable bonds is 6. The van der Waals surface area contributed by atoms with Crippen LogP contribution in [-0.2, 0) is 11.3 Å². The number of nitrogens with two attached hydrogens (primary N) is 1. The van der Waals surface area contributed by atoms with Gasteiger partial charge in [-0.1, -0.05) is 12.1 Å². The van der Waals surface area contributed by atoms with E-state index in [2.05, 4.69) is 15.5 Å². The van der Waals surface area contributed by atoms with E-state index in [1.54, 1.807) is 54.0 Å². The summed E-state index contributed by atoms with van der Waals surface area (Å²) in [5, 5.41) is 27.5. The number of amidine groups is 1. The second-order valence-electron chi connectivity index (χ2n) is 7.55. The van der Waals surface area contributed by atoms with Crippen LogP contribution in [0.15, 0.2) is 42.5 Å². The molecule has 0 aliphatic carbocycles. The van der Waals surface area contributed by atoms with Gasteiger partial charge in [0.15, 0.2) is 5.82 Å². The van der Waals surface area contributed by atoms with E-state index in [9.17, 15) is 14.4 Å². The molecule has 33 heavy (non-hydrogen) atoms. The summed E-state index contributed by atoms with van der Waals surface area (Å²) in [6, 6.07) is 11.2. The number of aliphatic carboxylic acids is 1. The van der Waals surface area contributed by atoms with Gasteiger partial charge in [-0.25, -0.2) is 0 Å². The fourth-order valence-electron chi connectivity index (χ4n) is 3.63. The minimum atomic E-state index is -1.01. The van der Waals surface area contributed by atoms with Crippen molar-refractivity contribution in [2.75, 3.05) is 11.9 Å². The zero-order valence-electron chi connectivity index (χ0n) is 17.7. The number of hydrogen-bond donors (Lipinski definition) is 4. The standard InChI is InChI=1S/C22H21N7O4/c1-12-26-27-18-11-28(9-8-19(30)31)22(33)16-10-15(6-7-17(16)29(12)18)25-21(32)14-4-2-13(3-5-14)20(23)24/h2-7,10H,8-9,11H2,1H3,(H3,23,24)(H,25,32)(H,30,31). The first-order chi connectivity index (χ1) is 15.7. The van der Waals surface area contributed by atoms with E-state index >= 15 is 0 Å². The van der Waals surface area contributed by atoms with Crippen LogP contribution in [0.4, 0.5) is 5.69 Å². The first-order valence-corrected chi connectivity index (χ1v) is 10.1. The molecule has 0 radical (unpaired) electrons. The Morgan fingerprint density at radius 3 is 2.52 bits per heavy atom. The van der Waals surface area contributed by atoms with Crippen molar-refractivity contribution in [1.82, 2.24) is 19.7 Å². The van der Waals surface area contributed by atoms with Gasteiger partial charge in [0.25, 0.3) is 11.8 Å². The molecule has 168 valence electrons. The molecule has 4 rings (SSSR count). The van der Waals surface area contributed by atoms with E-state index in [1.165, 1.54) is 4.90 Å². The Balaban J connectivity index is 1.66. The maximum Gasteiger partial charge on any atom is 0.305 e. The molecule has 2 heterocycles. The van der Waals surface area contributed by atoms with Crippen molar-refractivity contribution in [3.8, 4) is 5.69 Å². The molecule has 0 saturated carbocycles. The first kappa shape index (κ1) is 21.7. The highest BCUT2D eigenvalue weighted by Crippen LogP contribution is 2.28. The molecule has 2 aromatic carbocycles. The van der Waals surface area contributed by atoms with Gasteiger partial charge in [-0.3, -0.25) is 24.4 Å². The zero-order chi connectivity index (χ0) is 23.7. The number of carboxylic acid groups (broad SMARTS) is 1. The van der Waals surface area contributed by atoms with Gasteiger partial charge in [0.1, 0.15) is 11.7 Å². The average molecular weight is 447 g/mol. The van der Waals surface area contributed by atoms with Crippen LogP contribution in [0, 0.1) is 12.3 Å². The topological polar surface area (TPSA) is 167 Å². The zero-order valence-corrected chi connectivity index (χ0v) is 17.7. The molecule has 11 nitrogen and oxygen atoms in total. The summed E-state index contributed by atoms with van der Waals surface area (Å²) < 4.78 is 1.75. The number of carbonyl (C=O) groups is 3. The molecule has 3 aromatic rings. The minimum absolute atomic E-state index is 0.0125. The highest BCUT2D eigenvalue weighted by atomic mass is 16.4. The summed E-state index contributed by atoms with van der Waals surface area (Å²) in [6.45, 7) is 1.89. The average Bonchev–Trinajstić information content (AvgIpc) is 3.10. The quantitative estimate of drug-likeness (QED) is 0.328. The normalized spacial score (nSPS) is 12.5. The van der Waals surface area contributed by atoms with E-state index in [0.717, 1.165) is 0 Å². The van der Waals surface area contributed by atoms with Crippen LogP contribution in [0.25, 0.3) is 5.69 Å². The molecule has 1 aromatic heterocycles. The Morgan fingerprint density at radius 2 is 1.85 bits per heavy atom. The van der Waals surface area contributed by atoms with Crippen molar-refractivity contribution in [2.24, 2.45) is 5.73 Å². The number of benzene rings is 2. The molecule has 2 amide bonds. The number of nitrogens with one attached hydrogen (secondary N) is 2. The smallest absolute Gasteiger partial charge is 0.305 e. The SMILES string of the molecule is Cc1nnc2n1-c1ccc(NC(=O)c3ccc(C(=N)N)cc3)cc1C(=O)N(CCC(=O)O)C2. The maximum absolute atomic E-state index is 13.3. The third-order valence-corrected chi connectivity index (χ3v) is 5.29. The van der Waals surface area contributed by atoms with Crippen LogP contribution >= 0.6 is 0 Å². The van der Waals surface area contributed by atoms with Gasteiger partial charge in [0.05, 0.1) is 24.2 Å². The summed E-state index contributed by atoms with van der Waals surface area (Å²) in [6.07, 6.45) is -0.207. The number of aromatic nitrogens is 3. The Hall–Kier alpha value is -4.54. The number of hydrogen-bond acceptors (Lipinski definition) is 6. The number of fused-ring (bicyclic) bond motifs is 3. The van der Waals surface area contributed by atoms with Crippen molar-refractivity contribution >= 4 is 29.3 Å². The van der Waals surface area contributed by atoms with Gasteiger partial charge in [-0.2, -0.15) is 0 Å². The Kier molecular flexibility index (Phi) is 5.61. The molecule has 0 atom stereocenters. The molecule has 0 saturated heterocycles. The maximum atomic E-state index is 13.3. The number of carbonyl (C=O) groups excluding carboxylic acids is 2. The van der Waals surface area contributed by atoms with Crippen LogP contribution < -0.4 is 11.1 Å². The number of carboxylic acids is 1. The predicted octanol–water partition coefficient (Wildman–Crippen LogP) is 1.54. The number of nitrogen functional groups attached to an aromatic ring is 1. The third kappa shape index (κ3) is 4.28. The number of aryl methyl sites for hydroxylation is 1. The number of amides is 2. The predicted molar refractivity (Wildman–Crippen MR) is 119 cm³/mol. The fourth-order valence-corrected chi connectivity index (χ4v) is 3.63. The van der Waals surface area contributed by atoms with Crippen molar-refractivity contribution in [3.63, 3.8) is 0 Å². The van der Waals surface area contributed by atoms with Gasteiger partial charge in [-0.05, 0) is 37.3 Å². The number of nitrogens with zero attached hydrogens (tertiary/aromatic N) is 4. The molecule has 1 aliphatic rings. The molecule has 0 fully saturated rings. The first-order valence-electron chi connectivity index (χ1n) is 10.1. The lowest BCUT2D eigenvalue weighted by atomic mass is 10.1. The summed E-state index contributed by atoms with van der Waals surface area (Å²) in [4.78, 5) is 38.4. The van der Waals surface area contributed by atoms with Crippen LogP contribution in [0.1, 0.15) is 44.3 Å². The van der Waals surface area contributed by atoms with E-state index in [1.807, 2.05) is 0 Å². The fraction of sp³-hybridized carbons (Fsp3) is 0.182. The second-order valence-corrected chi connectivity index (χ2v) is 7.55. The van der Waals surface area contributed by atoms with Gasteiger partial charge in [0, 0.05) is 23.4 Å². The van der Waals surface area contributed by atoms with Crippen molar-refractivity contribution in [1.29, 1.82) is 5.41 Å². The third-order valence-electron chi connectivity index (χ3n) is 5.29. The Morgan fingerprint density at radius 1 is 1.15 bits per heavy atom. The molecule has 0 bridgehead atoms. The summed E-state index contributed by atoms with van der Waals surface area (Å²) in [5.41, 5.74) is 7.56. The van der Waals surface area contributed by atoms with Gasteiger partial charge >= 0.3 is 5.97 Å². The van der Waals surface area contributed by atoms with Gasteiger partial charge in [-0.15, -0.1) is 10.2 Å². The van der Waals surface area contributed by atoms with Crippen LogP contribution in [0.3, 0.4) is 0 Å². The molecular weight excluding hydrogens is 426 g/mol. The molecule has 11 heteroatoms. The second kappa shape index (κ2) is 8.54. The molecular formula is C22H21N7O4. The van der Waals surface area contributed by atoms with Crippen LogP contribution in [0.5, 0.6) is 0 Å². The highest BCUT2D eigenvalue weighted by Gasteiger charge is 2.29. The molecule has 5 N–H and O–H groups in total. The molecule has 1 aliphatic heterocycles. The van der Waals surface area contributed by atoms with E-state index in [0.29, 0.717) is 39.7 Å². The van der Waals surface area contributed by atoms with Crippen molar-refractivity contribution < 1.29 is 19.5 Å². The molecule has 0 spiro atoms. The highest BCUT2D eigenvalue weighted by molar-refractivity contribution is 6.06. The number of anilines is 1. The lowest BCUT2D eigenvalue weighted by molar-refractivity contribution is -0.137. The lowest BCUT2D eigenvalue weighted by Gasteiger charge is -2.19. The summed E-state index contributed by atoms with van der Waals surface area (Å²) >= 11 is 0. The van der Waals surface area contributed by atoms with Gasteiger partial charge in [0.2, 0.25) is 0 Å². The Labute approximate surface area is 188 Å². The van der Waals surface area contributed by atoms with Gasteiger partial charge < -0.3 is 21.1 Å². The lowest BCUT2D eigenvalue weighted by Crippen LogP contribution is -2.32. The minimum Gasteiger partial charge on any atom is -0.481 e. The van der Waals surface area contributed by atoms with E-state index < -0.39 is 11.9 Å². The van der Waals surface area contributed by atoms with Crippen LogP contribution in [-0.4, -0.2) is 54.9 Å². The van der Waals surface area contributed by atoms with Crippen molar-refractivity contribution in [3.05, 3.63) is 70.8 Å². The van der Waals surface area contributed by atoms with E-state index in [4.69, 9.17) is 16.2 Å². The molecule has 0 unspecified atom stereocenters. The summed E-state index contributed by atoms with van der Waals surface area (Å²) in [7, 11) is 0. The monoisotopic (exact) mass is 447 g/mol. The van der Waals surface area contributed by atoms with Crippen LogP contribution in [0.2, 0.25) is 0 Å².